The van der Waals surface area contributed by atoms with Crippen molar-refractivity contribution in [3.8, 4) is 0 Å². The van der Waals surface area contributed by atoms with Crippen molar-refractivity contribution < 1.29 is 87.9 Å². The van der Waals surface area contributed by atoms with Crippen molar-refractivity contribution in [2.45, 2.75) is 140 Å². The summed E-state index contributed by atoms with van der Waals surface area (Å²) >= 11 is 0. The van der Waals surface area contributed by atoms with Gasteiger partial charge in [0.2, 0.25) is 53.2 Å². The molecule has 0 radical (unpaired) electrons. The van der Waals surface area contributed by atoms with E-state index in [0.29, 0.717) is 0 Å². The fraction of sp³-hybridized carbons (Fsp3) is 0.659. The molecule has 0 aliphatic carbocycles. The van der Waals surface area contributed by atoms with Gasteiger partial charge in [0.25, 0.3) is 0 Å². The summed E-state index contributed by atoms with van der Waals surface area (Å²) in [6.07, 6.45) is -4.21. The highest BCUT2D eigenvalue weighted by atomic mass is 16.4. The maximum atomic E-state index is 13.8. The van der Waals surface area contributed by atoms with Crippen LogP contribution in [0, 0.1) is 5.92 Å². The van der Waals surface area contributed by atoms with Crippen LogP contribution in [0.4, 0.5) is 0 Å². The maximum Gasteiger partial charge on any atom is 0.326 e. The summed E-state index contributed by atoms with van der Waals surface area (Å²) in [4.78, 5) is 168. The number of likely N-dealkylation sites (tertiary alicyclic amines) is 1. The highest BCUT2D eigenvalue weighted by Crippen LogP contribution is 2.20. The molecule has 1 fully saturated rings. The quantitative estimate of drug-likeness (QED) is 0.0169. The minimum atomic E-state index is -1.84. The number of hydrogen-bond donors (Lipinski definition) is 16. The molecule has 0 aromatic heterocycles. The average Bonchev–Trinajstić information content (AvgIpc) is 3.78. The van der Waals surface area contributed by atoms with Gasteiger partial charge in [-0.25, -0.2) is 4.79 Å². The summed E-state index contributed by atoms with van der Waals surface area (Å²) < 4.78 is 0. The van der Waals surface area contributed by atoms with Gasteiger partial charge in [-0.2, -0.15) is 0 Å². The summed E-state index contributed by atoms with van der Waals surface area (Å²) in [5.41, 5.74) is 16.4. The number of hydrogen-bond acceptors (Lipinski definition) is 16. The number of amides is 9. The third-order valence-electron chi connectivity index (χ3n) is 10.4. The predicted molar refractivity (Wildman–Crippen MR) is 246 cm³/mol. The molecule has 0 aromatic carbocycles. The third kappa shape index (κ3) is 23.3. The fourth-order valence-corrected chi connectivity index (χ4v) is 6.81. The molecule has 31 heteroatoms. The van der Waals surface area contributed by atoms with Gasteiger partial charge in [-0.1, -0.05) is 13.8 Å². The van der Waals surface area contributed by atoms with Gasteiger partial charge in [0.15, 0.2) is 5.96 Å². The number of carbonyl (C=O) groups is 13. The van der Waals surface area contributed by atoms with E-state index in [4.69, 9.17) is 22.3 Å². The van der Waals surface area contributed by atoms with Crippen molar-refractivity contribution in [1.29, 1.82) is 0 Å². The molecule has 1 rings (SSSR count). The van der Waals surface area contributed by atoms with E-state index < -0.39 is 164 Å². The molecule has 0 saturated carbocycles. The summed E-state index contributed by atoms with van der Waals surface area (Å²) in [6.45, 7) is 3.79. The number of carboxylic acid groups (broad SMARTS) is 4. The number of aliphatic hydroxyl groups is 1. The first-order chi connectivity index (χ1) is 33.5. The second kappa shape index (κ2) is 30.8. The molecule has 0 unspecified atom stereocenters. The average molecular weight is 1030 g/mol. The fourth-order valence-electron chi connectivity index (χ4n) is 6.81. The van der Waals surface area contributed by atoms with Gasteiger partial charge < -0.3 is 90.2 Å². The first kappa shape index (κ1) is 62.3. The van der Waals surface area contributed by atoms with Gasteiger partial charge in [-0.3, -0.25) is 62.5 Å². The highest BCUT2D eigenvalue weighted by molar-refractivity contribution is 5.99. The van der Waals surface area contributed by atoms with Crippen LogP contribution in [-0.4, -0.2) is 194 Å². The second-order valence-corrected chi connectivity index (χ2v) is 17.1. The van der Waals surface area contributed by atoms with E-state index in [-0.39, 0.29) is 63.5 Å². The van der Waals surface area contributed by atoms with Gasteiger partial charge in [0.05, 0.1) is 38.1 Å². The molecule has 0 bridgehead atoms. The number of aliphatic carboxylic acids is 4. The molecule has 0 aromatic rings. The van der Waals surface area contributed by atoms with Crippen molar-refractivity contribution >= 4 is 83.0 Å². The minimum Gasteiger partial charge on any atom is -0.481 e. The number of carboxylic acids is 4. The Hall–Kier alpha value is -7.70. The number of guanidine groups is 1. The van der Waals surface area contributed by atoms with Crippen LogP contribution in [0.1, 0.15) is 85.5 Å². The Morgan fingerprint density at radius 2 is 1.21 bits per heavy atom. The lowest BCUT2D eigenvalue weighted by Gasteiger charge is -2.29. The van der Waals surface area contributed by atoms with E-state index in [9.17, 15) is 82.8 Å². The van der Waals surface area contributed by atoms with Crippen LogP contribution in [0.25, 0.3) is 0 Å². The van der Waals surface area contributed by atoms with Crippen molar-refractivity contribution in [1.82, 2.24) is 47.4 Å². The second-order valence-electron chi connectivity index (χ2n) is 17.1. The molecule has 31 nitrogen and oxygen atoms in total. The summed E-state index contributed by atoms with van der Waals surface area (Å²) in [6, 6.07) is -12.2. The van der Waals surface area contributed by atoms with Gasteiger partial charge in [0, 0.05) is 19.5 Å². The lowest BCUT2D eigenvalue weighted by molar-refractivity contribution is -0.146. The van der Waals surface area contributed by atoms with Crippen molar-refractivity contribution in [2.24, 2.45) is 28.1 Å². The summed E-state index contributed by atoms with van der Waals surface area (Å²) in [5.74, 6) is -15.5. The Kier molecular flexibility index (Phi) is 26.7. The van der Waals surface area contributed by atoms with Crippen LogP contribution in [0.5, 0.6) is 0 Å². The lowest BCUT2D eigenvalue weighted by Crippen LogP contribution is -2.59. The SMILES string of the molecule is CC(C)C[C@H](NC(=O)[C@H](CC(=O)O)NC(=O)[C@@H]1CCCN1C(=O)[C@H](CC(=O)O)NC(=O)CNC(=O)[C@H](CCCN=C(N)N)NC(=O)CNC(=O)[C@@H](NC(=O)[C@H](C)NC(=O)[C@@H](N)CCC(=O)O)[C@@H](C)O)C(=O)O. The highest BCUT2D eigenvalue weighted by Gasteiger charge is 2.40. The van der Waals surface area contributed by atoms with E-state index in [1.807, 2.05) is 0 Å². The molecule has 1 heterocycles. The van der Waals surface area contributed by atoms with E-state index in [2.05, 4.69) is 47.5 Å². The topological polar surface area (TPSA) is 513 Å². The zero-order valence-corrected chi connectivity index (χ0v) is 40.1. The molecular weight excluding hydrogens is 963 g/mol. The number of aliphatic imine (C=N–C) groups is 1. The van der Waals surface area contributed by atoms with Crippen LogP contribution in [-0.2, 0) is 62.3 Å². The molecule has 1 saturated heterocycles. The van der Waals surface area contributed by atoms with E-state index in [1.54, 1.807) is 13.8 Å². The molecule has 9 atom stereocenters. The first-order valence-electron chi connectivity index (χ1n) is 22.6. The number of carbonyl (C=O) groups excluding carboxylic acids is 9. The third-order valence-corrected chi connectivity index (χ3v) is 10.4. The Balaban J connectivity index is 3.08. The minimum absolute atomic E-state index is 0.0253. The van der Waals surface area contributed by atoms with Crippen LogP contribution < -0.4 is 59.7 Å². The summed E-state index contributed by atoms with van der Waals surface area (Å²) in [7, 11) is 0. The Morgan fingerprint density at radius 1 is 0.639 bits per heavy atom. The Bertz CT molecular complexity index is 2030. The van der Waals surface area contributed by atoms with Crippen LogP contribution >= 0.6 is 0 Å². The van der Waals surface area contributed by atoms with Crippen molar-refractivity contribution in [2.75, 3.05) is 26.2 Å². The van der Waals surface area contributed by atoms with Crippen LogP contribution in [0.15, 0.2) is 4.99 Å². The van der Waals surface area contributed by atoms with Crippen molar-refractivity contribution in [3.05, 3.63) is 0 Å². The number of nitrogens with one attached hydrogen (secondary N) is 8. The van der Waals surface area contributed by atoms with E-state index in [1.165, 1.54) is 6.92 Å². The van der Waals surface area contributed by atoms with Gasteiger partial charge in [-0.05, 0) is 58.3 Å². The smallest absolute Gasteiger partial charge is 0.326 e. The van der Waals surface area contributed by atoms with E-state index in [0.717, 1.165) is 11.8 Å². The lowest BCUT2D eigenvalue weighted by atomic mass is 10.0. The molecule has 19 N–H and O–H groups in total. The molecule has 1 aliphatic rings. The molecular formula is C41H67N13O18. The Morgan fingerprint density at radius 3 is 1.74 bits per heavy atom. The number of aliphatic hydroxyl groups excluding tert-OH is 1. The van der Waals surface area contributed by atoms with Crippen LogP contribution in [0.2, 0.25) is 0 Å². The monoisotopic (exact) mass is 1030 g/mol. The Labute approximate surface area is 411 Å². The van der Waals surface area contributed by atoms with E-state index >= 15 is 0 Å². The standard InChI is InChI=1S/C41H67N13O18/c1-18(2)13-25(40(71)72)52-36(67)23(14-30(60)61)51-37(68)26-8-6-12-54(26)39(70)24(15-31(62)63)50-28(57)16-46-35(66)22(7-5-11-45-41(43)44)49-27(56)17-47-38(69)32(20(4)55)53-33(64)19(3)48-34(65)21(42)9-10-29(58)59/h18-26,32,55H,5-17,42H2,1-4H3,(H,46,66)(H,47,69)(H,48,65)(H,49,56)(H,50,57)(H,51,68)(H,52,67)(H,53,64)(H,58,59)(H,60,61)(H,62,63)(H,71,72)(H4,43,44,45)/t19-,20+,21-,22-,23-,24-,25-,26-,32-/m0/s1. The maximum absolute atomic E-state index is 13.8. The van der Waals surface area contributed by atoms with Crippen molar-refractivity contribution in [3.63, 3.8) is 0 Å². The van der Waals surface area contributed by atoms with Gasteiger partial charge >= 0.3 is 23.9 Å². The molecule has 1 aliphatic heterocycles. The zero-order chi connectivity index (χ0) is 55.0. The predicted octanol–water partition coefficient (Wildman–Crippen LogP) is -7.15. The normalized spacial score (nSPS) is 16.3. The molecule has 0 spiro atoms. The van der Waals surface area contributed by atoms with Crippen LogP contribution in [0.3, 0.4) is 0 Å². The number of nitrogens with zero attached hydrogens (tertiary/aromatic N) is 2. The number of rotatable bonds is 32. The molecule has 404 valence electrons. The zero-order valence-electron chi connectivity index (χ0n) is 40.1. The first-order valence-corrected chi connectivity index (χ1v) is 22.6. The van der Waals surface area contributed by atoms with Gasteiger partial charge in [-0.15, -0.1) is 0 Å². The molecule has 72 heavy (non-hydrogen) atoms. The van der Waals surface area contributed by atoms with Gasteiger partial charge in [0.1, 0.15) is 42.3 Å². The number of nitrogens with two attached hydrogens (primary N) is 3. The largest absolute Gasteiger partial charge is 0.481 e. The summed E-state index contributed by atoms with van der Waals surface area (Å²) in [5, 5.41) is 65.4. The molecule has 9 amide bonds.